The quantitative estimate of drug-likeness (QED) is 0.461. The van der Waals surface area contributed by atoms with Crippen molar-refractivity contribution in [2.75, 3.05) is 13.6 Å². The number of benzene rings is 1. The Bertz CT molecular complexity index is 997. The summed E-state index contributed by atoms with van der Waals surface area (Å²) in [6.07, 6.45) is 4.02. The number of nitrogens with zero attached hydrogens (tertiary/aromatic N) is 2. The van der Waals surface area contributed by atoms with E-state index in [1.165, 1.54) is 0 Å². The summed E-state index contributed by atoms with van der Waals surface area (Å²) in [4.78, 5) is 64.3. The van der Waals surface area contributed by atoms with Gasteiger partial charge in [-0.2, -0.15) is 0 Å². The summed E-state index contributed by atoms with van der Waals surface area (Å²) >= 11 is 0. The van der Waals surface area contributed by atoms with E-state index in [2.05, 4.69) is 5.32 Å². The van der Waals surface area contributed by atoms with Crippen LogP contribution in [0.5, 0.6) is 0 Å². The van der Waals surface area contributed by atoms with Gasteiger partial charge in [-0.25, -0.2) is 4.79 Å². The number of piperidine rings is 1. The molecule has 34 heavy (non-hydrogen) atoms. The average Bonchev–Trinajstić information content (AvgIpc) is 3.00. The Labute approximate surface area is 199 Å². The lowest BCUT2D eigenvalue weighted by Crippen LogP contribution is -2.54. The van der Waals surface area contributed by atoms with Gasteiger partial charge in [-0.1, -0.05) is 25.0 Å². The summed E-state index contributed by atoms with van der Waals surface area (Å²) in [7, 11) is 1.72. The number of unbranched alkanes of at least 4 members (excludes halogenated alkanes) is 3. The summed E-state index contributed by atoms with van der Waals surface area (Å²) in [6, 6.07) is 4.24. The predicted molar refractivity (Wildman–Crippen MR) is 124 cm³/mol. The molecule has 2 aliphatic heterocycles. The second-order valence-corrected chi connectivity index (χ2v) is 9.85. The van der Waals surface area contributed by atoms with Crippen LogP contribution in [0.3, 0.4) is 0 Å². The first kappa shape index (κ1) is 25.4. The first-order chi connectivity index (χ1) is 16.0. The molecule has 0 saturated carbocycles. The number of amides is 5. The first-order valence-corrected chi connectivity index (χ1v) is 11.8. The van der Waals surface area contributed by atoms with Crippen molar-refractivity contribution in [1.82, 2.24) is 15.1 Å². The van der Waals surface area contributed by atoms with Crippen LogP contribution in [0, 0.1) is 0 Å². The van der Waals surface area contributed by atoms with Crippen LogP contribution in [0.4, 0.5) is 4.79 Å². The van der Waals surface area contributed by atoms with Crippen molar-refractivity contribution in [3.8, 4) is 0 Å². The highest BCUT2D eigenvalue weighted by molar-refractivity contribution is 6.24. The van der Waals surface area contributed by atoms with E-state index in [0.29, 0.717) is 24.1 Å². The summed E-state index contributed by atoms with van der Waals surface area (Å²) in [6.45, 7) is 6.11. The zero-order valence-electron chi connectivity index (χ0n) is 20.3. The molecule has 0 aromatic heterocycles. The standard InChI is InChI=1S/C25H33N3O6/c1-25(2,3)34-24(33)27(4)15-8-6-5-7-10-16-11-9-12-17-20(16)23(32)28(22(17)31)18-13-14-19(29)26-21(18)30/h9,11-12,18H,5-8,10,13-15H2,1-4H3,(H,26,29,30). The maximum atomic E-state index is 13.1. The summed E-state index contributed by atoms with van der Waals surface area (Å²) in [5, 5.41) is 2.21. The molecule has 0 spiro atoms. The molecular formula is C25H33N3O6. The van der Waals surface area contributed by atoms with E-state index in [1.54, 1.807) is 24.1 Å². The lowest BCUT2D eigenvalue weighted by atomic mass is 9.97. The van der Waals surface area contributed by atoms with E-state index in [1.807, 2.05) is 26.8 Å². The van der Waals surface area contributed by atoms with Crippen LogP contribution in [0.15, 0.2) is 18.2 Å². The fraction of sp³-hybridized carbons (Fsp3) is 0.560. The van der Waals surface area contributed by atoms with Crippen LogP contribution in [-0.4, -0.2) is 64.8 Å². The number of hydrogen-bond acceptors (Lipinski definition) is 6. The number of carbonyl (C=O) groups is 5. The molecular weight excluding hydrogens is 438 g/mol. The van der Waals surface area contributed by atoms with Gasteiger partial charge >= 0.3 is 6.09 Å². The van der Waals surface area contributed by atoms with Crippen LogP contribution in [-0.2, 0) is 20.7 Å². The molecule has 1 unspecified atom stereocenters. The fourth-order valence-corrected chi connectivity index (χ4v) is 4.24. The largest absolute Gasteiger partial charge is 0.444 e. The zero-order valence-corrected chi connectivity index (χ0v) is 20.3. The molecule has 9 heteroatoms. The molecule has 1 N–H and O–H groups in total. The van der Waals surface area contributed by atoms with Crippen LogP contribution >= 0.6 is 0 Å². The number of fused-ring (bicyclic) bond motifs is 1. The van der Waals surface area contributed by atoms with E-state index in [4.69, 9.17) is 4.74 Å². The Hall–Kier alpha value is -3.23. The topological polar surface area (TPSA) is 113 Å². The SMILES string of the molecule is CN(CCCCCCc1cccc2c1C(=O)N(C1CCC(=O)NC1=O)C2=O)C(=O)OC(C)(C)C. The Morgan fingerprint density at radius 2 is 1.79 bits per heavy atom. The molecule has 184 valence electrons. The monoisotopic (exact) mass is 471 g/mol. The minimum Gasteiger partial charge on any atom is -0.444 e. The van der Waals surface area contributed by atoms with Crippen molar-refractivity contribution in [1.29, 1.82) is 0 Å². The number of imide groups is 2. The average molecular weight is 472 g/mol. The van der Waals surface area contributed by atoms with E-state index >= 15 is 0 Å². The maximum absolute atomic E-state index is 13.1. The zero-order chi connectivity index (χ0) is 25.0. The fourth-order valence-electron chi connectivity index (χ4n) is 4.24. The van der Waals surface area contributed by atoms with Crippen molar-refractivity contribution in [3.05, 3.63) is 34.9 Å². The van der Waals surface area contributed by atoms with Crippen molar-refractivity contribution in [3.63, 3.8) is 0 Å². The van der Waals surface area contributed by atoms with Crippen LogP contribution < -0.4 is 5.32 Å². The van der Waals surface area contributed by atoms with Crippen LogP contribution in [0.1, 0.15) is 85.6 Å². The molecule has 2 aliphatic rings. The highest BCUT2D eigenvalue weighted by atomic mass is 16.6. The Balaban J connectivity index is 1.52. The van der Waals surface area contributed by atoms with Crippen LogP contribution in [0.25, 0.3) is 0 Å². The van der Waals surface area contributed by atoms with E-state index in [0.717, 1.165) is 36.1 Å². The number of rotatable bonds is 8. The second-order valence-electron chi connectivity index (χ2n) is 9.85. The molecule has 1 saturated heterocycles. The van der Waals surface area contributed by atoms with Crippen molar-refractivity contribution >= 4 is 29.7 Å². The highest BCUT2D eigenvalue weighted by Gasteiger charge is 2.45. The van der Waals surface area contributed by atoms with Gasteiger partial charge < -0.3 is 9.64 Å². The third-order valence-corrected chi connectivity index (χ3v) is 5.95. The number of nitrogens with one attached hydrogen (secondary N) is 1. The molecule has 0 radical (unpaired) electrons. The van der Waals surface area contributed by atoms with Gasteiger partial charge in [-0.05, 0) is 58.1 Å². The van der Waals surface area contributed by atoms with Gasteiger partial charge in [0.05, 0.1) is 11.1 Å². The second kappa shape index (κ2) is 10.4. The number of hydrogen-bond donors (Lipinski definition) is 1. The Morgan fingerprint density at radius 3 is 2.47 bits per heavy atom. The maximum Gasteiger partial charge on any atom is 0.410 e. The van der Waals surface area contributed by atoms with Crippen molar-refractivity contribution in [2.45, 2.75) is 77.4 Å². The summed E-state index contributed by atoms with van der Waals surface area (Å²) in [5.74, 6) is -1.95. The number of carbonyl (C=O) groups excluding carboxylic acids is 5. The normalized spacial score (nSPS) is 18.1. The molecule has 1 atom stereocenters. The smallest absolute Gasteiger partial charge is 0.410 e. The molecule has 5 amide bonds. The Morgan fingerprint density at radius 1 is 1.09 bits per heavy atom. The minimum atomic E-state index is -0.958. The molecule has 1 fully saturated rings. The van der Waals surface area contributed by atoms with Gasteiger partial charge in [-0.3, -0.25) is 29.4 Å². The van der Waals surface area contributed by atoms with Gasteiger partial charge in [0.15, 0.2) is 0 Å². The number of aryl methyl sites for hydroxylation is 1. The van der Waals surface area contributed by atoms with Gasteiger partial charge in [0, 0.05) is 20.0 Å². The lowest BCUT2D eigenvalue weighted by molar-refractivity contribution is -0.136. The van der Waals surface area contributed by atoms with E-state index < -0.39 is 35.3 Å². The highest BCUT2D eigenvalue weighted by Crippen LogP contribution is 2.30. The molecule has 1 aromatic carbocycles. The van der Waals surface area contributed by atoms with Crippen LogP contribution in [0.2, 0.25) is 0 Å². The van der Waals surface area contributed by atoms with Gasteiger partial charge in [-0.15, -0.1) is 0 Å². The van der Waals surface area contributed by atoms with Crippen molar-refractivity contribution < 1.29 is 28.7 Å². The molecule has 3 rings (SSSR count). The number of ether oxygens (including phenoxy) is 1. The predicted octanol–water partition coefficient (Wildman–Crippen LogP) is 3.06. The lowest BCUT2D eigenvalue weighted by Gasteiger charge is -2.27. The molecule has 2 heterocycles. The summed E-state index contributed by atoms with van der Waals surface area (Å²) in [5.41, 5.74) is 0.943. The molecule has 9 nitrogen and oxygen atoms in total. The van der Waals surface area contributed by atoms with E-state index in [9.17, 15) is 24.0 Å². The van der Waals surface area contributed by atoms with Gasteiger partial charge in [0.2, 0.25) is 11.8 Å². The molecule has 0 bridgehead atoms. The van der Waals surface area contributed by atoms with Gasteiger partial charge in [0.1, 0.15) is 11.6 Å². The Kier molecular flexibility index (Phi) is 7.74. The minimum absolute atomic E-state index is 0.0970. The van der Waals surface area contributed by atoms with E-state index in [-0.39, 0.29) is 18.9 Å². The van der Waals surface area contributed by atoms with Crippen molar-refractivity contribution in [2.24, 2.45) is 0 Å². The molecule has 0 aliphatic carbocycles. The third kappa shape index (κ3) is 5.81. The van der Waals surface area contributed by atoms with Gasteiger partial charge in [0.25, 0.3) is 11.8 Å². The summed E-state index contributed by atoms with van der Waals surface area (Å²) < 4.78 is 5.34. The molecule has 1 aromatic rings. The first-order valence-electron chi connectivity index (χ1n) is 11.8. The third-order valence-electron chi connectivity index (χ3n) is 5.95.